The number of nitrogens with zero attached hydrogens (tertiary/aromatic N) is 5. The van der Waals surface area contributed by atoms with Gasteiger partial charge in [-0.3, -0.25) is 9.20 Å². The van der Waals surface area contributed by atoms with E-state index in [1.807, 2.05) is 28.7 Å². The maximum absolute atomic E-state index is 13.3. The molecule has 1 aromatic carbocycles. The smallest absolute Gasteiger partial charge is 0.257 e. The number of hydrogen-bond donors (Lipinski definition) is 2. The van der Waals surface area contributed by atoms with Crippen LogP contribution in [-0.4, -0.2) is 63.4 Å². The number of imidazole rings is 1. The number of aromatic nitrogens is 4. The van der Waals surface area contributed by atoms with Crippen LogP contribution < -0.4 is 10.6 Å². The quantitative estimate of drug-likeness (QED) is 0.503. The summed E-state index contributed by atoms with van der Waals surface area (Å²) in [6.45, 7) is 7.52. The van der Waals surface area contributed by atoms with Crippen LogP contribution in [-0.2, 0) is 0 Å². The van der Waals surface area contributed by atoms with E-state index in [2.05, 4.69) is 39.3 Å². The van der Waals surface area contributed by atoms with E-state index >= 15 is 0 Å². The fourth-order valence-corrected chi connectivity index (χ4v) is 3.76. The Balaban J connectivity index is 1.88. The van der Waals surface area contributed by atoms with Crippen molar-refractivity contribution in [2.24, 2.45) is 0 Å². The maximum atomic E-state index is 13.3. The number of benzene rings is 1. The second-order valence-corrected chi connectivity index (χ2v) is 6.80. The van der Waals surface area contributed by atoms with Crippen LogP contribution in [0.25, 0.3) is 27.7 Å². The van der Waals surface area contributed by atoms with Crippen molar-refractivity contribution in [3.05, 3.63) is 42.4 Å². The molecule has 0 saturated heterocycles. The number of carbonyl (C=O) groups excluding carboxylic acids is 1. The predicted octanol–water partition coefficient (Wildman–Crippen LogP) is 2.54. The Hall–Kier alpha value is -3.26. The van der Waals surface area contributed by atoms with E-state index in [-0.39, 0.29) is 5.91 Å². The van der Waals surface area contributed by atoms with Crippen LogP contribution in [0, 0.1) is 0 Å². The molecule has 3 heterocycles. The monoisotopic (exact) mass is 391 g/mol. The van der Waals surface area contributed by atoms with Gasteiger partial charge in [0.15, 0.2) is 11.3 Å². The predicted molar refractivity (Wildman–Crippen MR) is 115 cm³/mol. The highest BCUT2D eigenvalue weighted by molar-refractivity contribution is 6.13. The van der Waals surface area contributed by atoms with Crippen LogP contribution in [0.5, 0.6) is 0 Å². The zero-order valence-electron chi connectivity index (χ0n) is 16.9. The fourth-order valence-electron chi connectivity index (χ4n) is 3.76. The number of para-hydroxylation sites is 2. The molecule has 3 aromatic heterocycles. The summed E-state index contributed by atoms with van der Waals surface area (Å²) in [6, 6.07) is 7.82. The van der Waals surface area contributed by atoms with Crippen molar-refractivity contribution in [1.82, 2.24) is 29.6 Å². The van der Waals surface area contributed by atoms with Crippen LogP contribution in [0.3, 0.4) is 0 Å². The first kappa shape index (κ1) is 19.1. The van der Waals surface area contributed by atoms with Crippen molar-refractivity contribution >= 4 is 39.3 Å². The topological polar surface area (TPSA) is 87.5 Å². The Labute approximate surface area is 169 Å². The average Bonchev–Trinajstić information content (AvgIpc) is 3.15. The average molecular weight is 391 g/mol. The zero-order chi connectivity index (χ0) is 20.4. The summed E-state index contributed by atoms with van der Waals surface area (Å²) >= 11 is 0. The van der Waals surface area contributed by atoms with Gasteiger partial charge in [-0.2, -0.15) is 0 Å². The highest BCUT2D eigenvalue weighted by Gasteiger charge is 2.23. The van der Waals surface area contributed by atoms with Gasteiger partial charge in [0.1, 0.15) is 11.9 Å². The molecule has 0 aliphatic rings. The van der Waals surface area contributed by atoms with Gasteiger partial charge < -0.3 is 15.5 Å². The normalized spacial score (nSPS) is 11.6. The van der Waals surface area contributed by atoms with Gasteiger partial charge in [0.2, 0.25) is 0 Å². The summed E-state index contributed by atoms with van der Waals surface area (Å²) < 4.78 is 1.94. The van der Waals surface area contributed by atoms with Gasteiger partial charge in [0.05, 0.1) is 22.1 Å². The zero-order valence-corrected chi connectivity index (χ0v) is 16.9. The van der Waals surface area contributed by atoms with Gasteiger partial charge in [-0.15, -0.1) is 0 Å². The molecular weight excluding hydrogens is 366 g/mol. The molecule has 8 heteroatoms. The number of rotatable bonds is 7. The number of anilines is 1. The third-order valence-electron chi connectivity index (χ3n) is 5.29. The van der Waals surface area contributed by atoms with Crippen LogP contribution in [0.1, 0.15) is 24.2 Å². The first-order valence-electron chi connectivity index (χ1n) is 9.90. The van der Waals surface area contributed by atoms with Gasteiger partial charge >= 0.3 is 0 Å². The lowest BCUT2D eigenvalue weighted by Gasteiger charge is -2.19. The van der Waals surface area contributed by atoms with Gasteiger partial charge in [-0.1, -0.05) is 26.0 Å². The molecule has 4 aromatic rings. The Morgan fingerprint density at radius 1 is 1.17 bits per heavy atom. The molecule has 0 aliphatic carbocycles. The first-order valence-corrected chi connectivity index (χ1v) is 9.90. The third kappa shape index (κ3) is 3.25. The molecule has 8 nitrogen and oxygen atoms in total. The molecule has 0 unspecified atom stereocenters. The summed E-state index contributed by atoms with van der Waals surface area (Å²) in [5.74, 6) is -0.160. The van der Waals surface area contributed by atoms with Gasteiger partial charge in [-0.25, -0.2) is 15.0 Å². The molecule has 0 fully saturated rings. The minimum absolute atomic E-state index is 0.160. The number of pyridine rings is 1. The summed E-state index contributed by atoms with van der Waals surface area (Å²) in [5, 5.41) is 7.01. The van der Waals surface area contributed by atoms with E-state index in [1.54, 1.807) is 13.2 Å². The molecule has 0 saturated carbocycles. The lowest BCUT2D eigenvalue weighted by atomic mass is 10.1. The molecule has 0 atom stereocenters. The summed E-state index contributed by atoms with van der Waals surface area (Å²) in [7, 11) is 1.80. The van der Waals surface area contributed by atoms with Crippen molar-refractivity contribution in [2.45, 2.75) is 13.8 Å². The van der Waals surface area contributed by atoms with Crippen molar-refractivity contribution in [2.75, 3.05) is 38.5 Å². The van der Waals surface area contributed by atoms with Crippen molar-refractivity contribution in [1.29, 1.82) is 0 Å². The number of fused-ring (bicyclic) bond motifs is 5. The van der Waals surface area contributed by atoms with E-state index in [1.165, 1.54) is 6.33 Å². The summed E-state index contributed by atoms with van der Waals surface area (Å²) in [4.78, 5) is 28.9. The number of likely N-dealkylation sites (N-methyl/N-ethyl adjacent to an activating group) is 1. The molecule has 0 bridgehead atoms. The third-order valence-corrected chi connectivity index (χ3v) is 5.29. The highest BCUT2D eigenvalue weighted by atomic mass is 16.1. The van der Waals surface area contributed by atoms with E-state index in [4.69, 9.17) is 4.98 Å². The van der Waals surface area contributed by atoms with Gasteiger partial charge in [-0.05, 0) is 25.2 Å². The van der Waals surface area contributed by atoms with Crippen molar-refractivity contribution < 1.29 is 4.79 Å². The van der Waals surface area contributed by atoms with E-state index in [0.29, 0.717) is 29.1 Å². The minimum Gasteiger partial charge on any atom is -0.387 e. The van der Waals surface area contributed by atoms with Crippen LogP contribution in [0.15, 0.2) is 36.8 Å². The summed E-state index contributed by atoms with van der Waals surface area (Å²) in [5.41, 5.74) is 4.22. The Morgan fingerprint density at radius 3 is 2.72 bits per heavy atom. The molecule has 150 valence electrons. The second kappa shape index (κ2) is 8.00. The molecule has 0 spiro atoms. The number of nitrogens with one attached hydrogen (secondary N) is 2. The highest BCUT2D eigenvalue weighted by Crippen LogP contribution is 2.32. The van der Waals surface area contributed by atoms with Crippen molar-refractivity contribution in [3.63, 3.8) is 0 Å². The second-order valence-electron chi connectivity index (χ2n) is 6.80. The van der Waals surface area contributed by atoms with E-state index in [0.717, 1.165) is 36.1 Å². The molecule has 1 amide bonds. The molecule has 0 radical (unpaired) electrons. The van der Waals surface area contributed by atoms with Crippen LogP contribution in [0.4, 0.5) is 5.69 Å². The Morgan fingerprint density at radius 2 is 1.97 bits per heavy atom. The lowest BCUT2D eigenvalue weighted by molar-refractivity contribution is 0.0951. The number of carbonyl (C=O) groups is 1. The maximum Gasteiger partial charge on any atom is 0.257 e. The minimum atomic E-state index is -0.160. The molecular formula is C21H25N7O. The number of amides is 1. The summed E-state index contributed by atoms with van der Waals surface area (Å²) in [6.07, 6.45) is 3.24. The van der Waals surface area contributed by atoms with E-state index < -0.39 is 0 Å². The molecule has 2 N–H and O–H groups in total. The molecule has 0 aliphatic heterocycles. The fraction of sp³-hybridized carbons (Fsp3) is 0.333. The Kier molecular flexibility index (Phi) is 5.26. The lowest BCUT2D eigenvalue weighted by Crippen LogP contribution is -2.35. The van der Waals surface area contributed by atoms with Crippen molar-refractivity contribution in [3.8, 4) is 0 Å². The molecule has 29 heavy (non-hydrogen) atoms. The largest absolute Gasteiger partial charge is 0.387 e. The number of hydrogen-bond acceptors (Lipinski definition) is 6. The molecule has 4 rings (SSSR count). The van der Waals surface area contributed by atoms with Gasteiger partial charge in [0, 0.05) is 26.3 Å². The van der Waals surface area contributed by atoms with Crippen LogP contribution >= 0.6 is 0 Å². The van der Waals surface area contributed by atoms with Crippen LogP contribution in [0.2, 0.25) is 0 Å². The first-order chi connectivity index (χ1) is 14.2. The van der Waals surface area contributed by atoms with Gasteiger partial charge in [0.25, 0.3) is 5.91 Å². The standard InChI is InChI=1S/C21H25N7O/c1-4-27(5-2)11-10-24-21(29)17-18(22-3)14-12-23-13-25-19(14)28-16-9-7-6-8-15(16)26-20(17)28/h6-9,12-13,22H,4-5,10-11H2,1-3H3,(H,24,29). The SMILES string of the molecule is CCN(CC)CCNC(=O)c1c(NC)c2cncnc2n2c1nc1ccccc12. The Bertz CT molecular complexity index is 1180. The van der Waals surface area contributed by atoms with E-state index in [9.17, 15) is 4.79 Å².